The summed E-state index contributed by atoms with van der Waals surface area (Å²) in [6.45, 7) is 7.79. The molecular formula is C18H28N6O. The average Bonchev–Trinajstić information content (AvgIpc) is 3.00. The Morgan fingerprint density at radius 3 is 2.88 bits per heavy atom. The minimum Gasteiger partial charge on any atom is -0.375 e. The van der Waals surface area contributed by atoms with Crippen molar-refractivity contribution in [3.8, 4) is 0 Å². The highest BCUT2D eigenvalue weighted by molar-refractivity contribution is 5.15. The molecule has 2 aromatic heterocycles. The highest BCUT2D eigenvalue weighted by atomic mass is 16.5. The highest BCUT2D eigenvalue weighted by Crippen LogP contribution is 2.29. The van der Waals surface area contributed by atoms with Gasteiger partial charge in [-0.05, 0) is 44.6 Å². The van der Waals surface area contributed by atoms with Crippen LogP contribution in [-0.2, 0) is 31.5 Å². The highest BCUT2D eigenvalue weighted by Gasteiger charge is 2.24. The van der Waals surface area contributed by atoms with Crippen molar-refractivity contribution in [1.29, 1.82) is 0 Å². The molecule has 1 atom stereocenters. The summed E-state index contributed by atoms with van der Waals surface area (Å²) in [4.78, 5) is 2.52. The lowest BCUT2D eigenvalue weighted by Crippen LogP contribution is -2.22. The summed E-state index contributed by atoms with van der Waals surface area (Å²) in [5, 5.41) is 12.9. The Bertz CT molecular complexity index is 704. The molecule has 0 amide bonds. The topological polar surface area (TPSA) is 61.0 Å². The van der Waals surface area contributed by atoms with E-state index in [9.17, 15) is 0 Å². The van der Waals surface area contributed by atoms with Gasteiger partial charge in [-0.15, -0.1) is 5.10 Å². The molecule has 1 aliphatic carbocycles. The van der Waals surface area contributed by atoms with Crippen LogP contribution < -0.4 is 0 Å². The van der Waals surface area contributed by atoms with Crippen LogP contribution in [0.25, 0.3) is 0 Å². The monoisotopic (exact) mass is 344 g/mol. The van der Waals surface area contributed by atoms with E-state index >= 15 is 0 Å². The molecule has 1 aliphatic heterocycles. The lowest BCUT2D eigenvalue weighted by molar-refractivity contribution is 0.108. The van der Waals surface area contributed by atoms with Crippen molar-refractivity contribution in [2.45, 2.75) is 45.9 Å². The first-order valence-corrected chi connectivity index (χ1v) is 9.34. The van der Waals surface area contributed by atoms with Gasteiger partial charge in [-0.2, -0.15) is 5.10 Å². The number of rotatable bonds is 8. The second kappa shape index (κ2) is 7.25. The van der Waals surface area contributed by atoms with E-state index < -0.39 is 0 Å². The SMILES string of the molecule is Cc1c(CN2CCC(Cn3cc(COCC4CC4)nn3)C2)cnn1C. The Kier molecular flexibility index (Phi) is 4.85. The summed E-state index contributed by atoms with van der Waals surface area (Å²) >= 11 is 0. The molecule has 0 N–H and O–H groups in total. The molecule has 2 aromatic rings. The van der Waals surface area contributed by atoms with E-state index in [1.807, 2.05) is 28.8 Å². The number of ether oxygens (including phenoxy) is 1. The van der Waals surface area contributed by atoms with E-state index in [1.54, 1.807) is 0 Å². The summed E-state index contributed by atoms with van der Waals surface area (Å²) in [5.74, 6) is 1.43. The van der Waals surface area contributed by atoms with Crippen LogP contribution >= 0.6 is 0 Å². The van der Waals surface area contributed by atoms with Crippen LogP contribution in [0, 0.1) is 18.8 Å². The van der Waals surface area contributed by atoms with Crippen molar-refractivity contribution < 1.29 is 4.74 Å². The molecule has 1 saturated heterocycles. The van der Waals surface area contributed by atoms with Gasteiger partial charge in [0.05, 0.1) is 19.0 Å². The molecule has 0 radical (unpaired) electrons. The summed E-state index contributed by atoms with van der Waals surface area (Å²) in [5.41, 5.74) is 3.54. The third-order valence-corrected chi connectivity index (χ3v) is 5.43. The van der Waals surface area contributed by atoms with Crippen LogP contribution in [0.4, 0.5) is 0 Å². The average molecular weight is 344 g/mol. The van der Waals surface area contributed by atoms with E-state index in [0.717, 1.165) is 44.4 Å². The van der Waals surface area contributed by atoms with Gasteiger partial charge in [0.15, 0.2) is 0 Å². The molecule has 7 heteroatoms. The van der Waals surface area contributed by atoms with Gasteiger partial charge in [-0.3, -0.25) is 14.3 Å². The van der Waals surface area contributed by atoms with Crippen molar-refractivity contribution in [2.75, 3.05) is 19.7 Å². The van der Waals surface area contributed by atoms with E-state index in [2.05, 4.69) is 27.2 Å². The number of aryl methyl sites for hydroxylation is 1. The quantitative estimate of drug-likeness (QED) is 0.730. The zero-order valence-electron chi connectivity index (χ0n) is 15.3. The van der Waals surface area contributed by atoms with Crippen molar-refractivity contribution in [1.82, 2.24) is 29.7 Å². The summed E-state index contributed by atoms with van der Waals surface area (Å²) in [7, 11) is 2.00. The minimum absolute atomic E-state index is 0.591. The van der Waals surface area contributed by atoms with Gasteiger partial charge in [0.2, 0.25) is 0 Å². The van der Waals surface area contributed by atoms with Gasteiger partial charge in [0, 0.05) is 44.5 Å². The van der Waals surface area contributed by atoms with Gasteiger partial charge >= 0.3 is 0 Å². The third-order valence-electron chi connectivity index (χ3n) is 5.43. The first-order chi connectivity index (χ1) is 12.2. The van der Waals surface area contributed by atoms with Gasteiger partial charge in [-0.25, -0.2) is 0 Å². The molecule has 25 heavy (non-hydrogen) atoms. The van der Waals surface area contributed by atoms with Gasteiger partial charge in [0.1, 0.15) is 5.69 Å². The molecule has 3 heterocycles. The largest absolute Gasteiger partial charge is 0.375 e. The fraction of sp³-hybridized carbons (Fsp3) is 0.722. The second-order valence-corrected chi connectivity index (χ2v) is 7.66. The molecule has 7 nitrogen and oxygen atoms in total. The normalized spacial score (nSPS) is 21.3. The van der Waals surface area contributed by atoms with Crippen LogP contribution in [0.5, 0.6) is 0 Å². The maximum Gasteiger partial charge on any atom is 0.108 e. The number of hydrogen-bond acceptors (Lipinski definition) is 5. The molecular weight excluding hydrogens is 316 g/mol. The number of likely N-dealkylation sites (tertiary alicyclic amines) is 1. The first-order valence-electron chi connectivity index (χ1n) is 9.34. The van der Waals surface area contributed by atoms with Crippen LogP contribution in [-0.4, -0.2) is 49.4 Å². The standard InChI is InChI=1S/C18H28N6O/c1-14-17(7-19-22(14)2)10-23-6-5-16(8-23)9-24-11-18(20-21-24)13-25-12-15-3-4-15/h7,11,15-16H,3-6,8-10,12-13H2,1-2H3. The number of hydrogen-bond donors (Lipinski definition) is 0. The third kappa shape index (κ3) is 4.27. The van der Waals surface area contributed by atoms with Crippen molar-refractivity contribution >= 4 is 0 Å². The Morgan fingerprint density at radius 2 is 2.12 bits per heavy atom. The minimum atomic E-state index is 0.591. The molecule has 0 spiro atoms. The van der Waals surface area contributed by atoms with E-state index in [1.165, 1.54) is 30.5 Å². The first kappa shape index (κ1) is 16.7. The van der Waals surface area contributed by atoms with Crippen LogP contribution in [0.15, 0.2) is 12.4 Å². The Balaban J connectivity index is 1.23. The lowest BCUT2D eigenvalue weighted by atomic mass is 10.1. The lowest BCUT2D eigenvalue weighted by Gasteiger charge is -2.15. The van der Waals surface area contributed by atoms with Crippen LogP contribution in [0.1, 0.15) is 36.2 Å². The molecule has 1 unspecified atom stereocenters. The van der Waals surface area contributed by atoms with Crippen molar-refractivity contribution in [3.05, 3.63) is 29.3 Å². The summed E-state index contributed by atoms with van der Waals surface area (Å²) in [6, 6.07) is 0. The summed E-state index contributed by atoms with van der Waals surface area (Å²) in [6.07, 6.45) is 7.90. The molecule has 136 valence electrons. The van der Waals surface area contributed by atoms with Crippen molar-refractivity contribution in [3.63, 3.8) is 0 Å². The smallest absolute Gasteiger partial charge is 0.108 e. The maximum absolute atomic E-state index is 5.69. The molecule has 1 saturated carbocycles. The Labute approximate surface area is 148 Å². The van der Waals surface area contributed by atoms with E-state index in [0.29, 0.717) is 12.5 Å². The molecule has 0 aromatic carbocycles. The number of nitrogens with zero attached hydrogens (tertiary/aromatic N) is 6. The van der Waals surface area contributed by atoms with Crippen LogP contribution in [0.3, 0.4) is 0 Å². The molecule has 2 fully saturated rings. The van der Waals surface area contributed by atoms with E-state index in [-0.39, 0.29) is 0 Å². The predicted octanol–water partition coefficient (Wildman–Crippen LogP) is 1.77. The fourth-order valence-electron chi connectivity index (χ4n) is 3.52. The Hall–Kier alpha value is -1.73. The zero-order valence-corrected chi connectivity index (χ0v) is 15.3. The van der Waals surface area contributed by atoms with Crippen LogP contribution in [0.2, 0.25) is 0 Å². The van der Waals surface area contributed by atoms with Crippen molar-refractivity contribution in [2.24, 2.45) is 18.9 Å². The molecule has 4 rings (SSSR count). The van der Waals surface area contributed by atoms with Gasteiger partial charge in [0.25, 0.3) is 0 Å². The predicted molar refractivity (Wildman–Crippen MR) is 93.7 cm³/mol. The van der Waals surface area contributed by atoms with Gasteiger partial charge in [-0.1, -0.05) is 5.21 Å². The Morgan fingerprint density at radius 1 is 1.24 bits per heavy atom. The second-order valence-electron chi connectivity index (χ2n) is 7.66. The van der Waals surface area contributed by atoms with E-state index in [4.69, 9.17) is 4.74 Å². The summed E-state index contributed by atoms with van der Waals surface area (Å²) < 4.78 is 9.63. The van der Waals surface area contributed by atoms with Gasteiger partial charge < -0.3 is 4.74 Å². The molecule has 2 aliphatic rings. The number of aromatic nitrogens is 5. The zero-order chi connectivity index (χ0) is 17.2. The fourth-order valence-corrected chi connectivity index (χ4v) is 3.52. The molecule has 0 bridgehead atoms. The maximum atomic E-state index is 5.69.